The van der Waals surface area contributed by atoms with Gasteiger partial charge in [-0.1, -0.05) is 19.3 Å². The van der Waals surface area contributed by atoms with Gasteiger partial charge in [-0.3, -0.25) is 5.41 Å². The fraction of sp³-hybridized carbons (Fsp3) is 0.625. The lowest BCUT2D eigenvalue weighted by molar-refractivity contribution is 0.553. The van der Waals surface area contributed by atoms with E-state index in [9.17, 15) is 0 Å². The number of anilines is 1. The van der Waals surface area contributed by atoms with Crippen LogP contribution < -0.4 is 10.6 Å². The van der Waals surface area contributed by atoms with E-state index < -0.39 is 0 Å². The first-order chi connectivity index (χ1) is 9.75. The van der Waals surface area contributed by atoms with Crippen molar-refractivity contribution in [1.82, 2.24) is 4.98 Å². The summed E-state index contributed by atoms with van der Waals surface area (Å²) in [5.41, 5.74) is 9.17. The highest BCUT2D eigenvalue weighted by molar-refractivity contribution is 6.00. The molecular formula is C16H24N4. The molecule has 1 fully saturated rings. The summed E-state index contributed by atoms with van der Waals surface area (Å²) in [6.45, 7) is 2.10. The minimum Gasteiger partial charge on any atom is -0.384 e. The summed E-state index contributed by atoms with van der Waals surface area (Å²) < 4.78 is 0. The first-order valence-corrected chi connectivity index (χ1v) is 7.88. The van der Waals surface area contributed by atoms with Gasteiger partial charge in [0, 0.05) is 18.8 Å². The van der Waals surface area contributed by atoms with Crippen LogP contribution in [0.1, 0.15) is 55.3 Å². The average Bonchev–Trinajstić information content (AvgIpc) is 2.84. The van der Waals surface area contributed by atoms with Crippen LogP contribution in [0.5, 0.6) is 0 Å². The Balaban J connectivity index is 1.95. The minimum atomic E-state index is 0.157. The fourth-order valence-electron chi connectivity index (χ4n) is 3.36. The predicted octanol–water partition coefficient (Wildman–Crippen LogP) is 2.62. The zero-order valence-electron chi connectivity index (χ0n) is 12.1. The van der Waals surface area contributed by atoms with Gasteiger partial charge in [-0.05, 0) is 43.7 Å². The summed E-state index contributed by atoms with van der Waals surface area (Å²) in [6, 6.07) is 2.12. The Morgan fingerprint density at radius 3 is 2.45 bits per heavy atom. The Morgan fingerprint density at radius 2 is 1.75 bits per heavy atom. The first-order valence-electron chi connectivity index (χ1n) is 7.88. The van der Waals surface area contributed by atoms with Gasteiger partial charge in [-0.25, -0.2) is 4.98 Å². The zero-order chi connectivity index (χ0) is 13.9. The van der Waals surface area contributed by atoms with E-state index >= 15 is 0 Å². The number of pyridine rings is 1. The number of rotatable bonds is 2. The summed E-state index contributed by atoms with van der Waals surface area (Å²) in [5, 5.41) is 7.87. The van der Waals surface area contributed by atoms with E-state index in [4.69, 9.17) is 16.1 Å². The Bertz CT molecular complexity index is 501. The lowest BCUT2D eigenvalue weighted by atomic mass is 10.1. The molecule has 20 heavy (non-hydrogen) atoms. The molecule has 1 aromatic heterocycles. The van der Waals surface area contributed by atoms with Crippen LogP contribution in [0.4, 0.5) is 5.82 Å². The molecule has 1 aliphatic heterocycles. The number of amidine groups is 1. The van der Waals surface area contributed by atoms with Gasteiger partial charge in [0.05, 0.1) is 5.56 Å². The van der Waals surface area contributed by atoms with Crippen LogP contribution >= 0.6 is 0 Å². The molecule has 0 aromatic carbocycles. The van der Waals surface area contributed by atoms with E-state index in [-0.39, 0.29) is 5.84 Å². The maximum atomic E-state index is 7.87. The van der Waals surface area contributed by atoms with Crippen LogP contribution in [0, 0.1) is 5.41 Å². The Hall–Kier alpha value is -1.58. The molecule has 4 nitrogen and oxygen atoms in total. The standard InChI is InChI=1S/C16H24N4/c17-15(18)13-11-12-7-6-8-14(12)19-16(13)20-9-4-2-1-3-5-10-20/h11H,1-10H2,(H3,17,18). The van der Waals surface area contributed by atoms with E-state index in [0.717, 1.165) is 37.3 Å². The number of nitrogen functional groups attached to an aromatic ring is 1. The molecule has 3 N–H and O–H groups in total. The number of fused-ring (bicyclic) bond motifs is 1. The van der Waals surface area contributed by atoms with Gasteiger partial charge in [0.25, 0.3) is 0 Å². The molecule has 2 heterocycles. The molecule has 0 amide bonds. The second-order valence-electron chi connectivity index (χ2n) is 5.99. The number of nitrogens with two attached hydrogens (primary N) is 1. The molecule has 1 aliphatic carbocycles. The van der Waals surface area contributed by atoms with Crippen LogP contribution in [-0.4, -0.2) is 23.9 Å². The minimum absolute atomic E-state index is 0.157. The molecule has 0 saturated carbocycles. The van der Waals surface area contributed by atoms with Crippen molar-refractivity contribution in [3.63, 3.8) is 0 Å². The lowest BCUT2D eigenvalue weighted by Gasteiger charge is -2.28. The molecule has 4 heteroatoms. The van der Waals surface area contributed by atoms with Gasteiger partial charge in [0.1, 0.15) is 11.7 Å². The Morgan fingerprint density at radius 1 is 1.05 bits per heavy atom. The summed E-state index contributed by atoms with van der Waals surface area (Å²) in [7, 11) is 0. The van der Waals surface area contributed by atoms with E-state index in [2.05, 4.69) is 11.0 Å². The lowest BCUT2D eigenvalue weighted by Crippen LogP contribution is -2.31. The fourth-order valence-corrected chi connectivity index (χ4v) is 3.36. The van der Waals surface area contributed by atoms with Gasteiger partial charge in [0.2, 0.25) is 0 Å². The zero-order valence-corrected chi connectivity index (χ0v) is 12.1. The topological polar surface area (TPSA) is 66.0 Å². The largest absolute Gasteiger partial charge is 0.384 e. The molecule has 1 aromatic rings. The van der Waals surface area contributed by atoms with E-state index in [0.29, 0.717) is 0 Å². The van der Waals surface area contributed by atoms with Crippen LogP contribution in [0.2, 0.25) is 0 Å². The first kappa shape index (κ1) is 13.4. The highest BCUT2D eigenvalue weighted by Crippen LogP contribution is 2.28. The van der Waals surface area contributed by atoms with Gasteiger partial charge in [-0.2, -0.15) is 0 Å². The van der Waals surface area contributed by atoms with Crippen molar-refractivity contribution in [3.05, 3.63) is 22.9 Å². The van der Waals surface area contributed by atoms with Gasteiger partial charge in [-0.15, -0.1) is 0 Å². The number of nitrogens with zero attached hydrogens (tertiary/aromatic N) is 2. The maximum Gasteiger partial charge on any atom is 0.139 e. The molecule has 2 aliphatic rings. The van der Waals surface area contributed by atoms with Crippen LogP contribution in [0.15, 0.2) is 6.07 Å². The molecule has 0 spiro atoms. The summed E-state index contributed by atoms with van der Waals surface area (Å²) in [4.78, 5) is 7.23. The maximum absolute atomic E-state index is 7.87. The molecule has 108 valence electrons. The van der Waals surface area contributed by atoms with Crippen molar-refractivity contribution in [1.29, 1.82) is 5.41 Å². The molecule has 3 rings (SSSR count). The van der Waals surface area contributed by atoms with E-state index in [1.165, 1.54) is 49.8 Å². The normalized spacial score (nSPS) is 19.3. The third kappa shape index (κ3) is 2.65. The van der Waals surface area contributed by atoms with Crippen molar-refractivity contribution in [2.24, 2.45) is 5.73 Å². The van der Waals surface area contributed by atoms with Gasteiger partial charge < -0.3 is 10.6 Å². The molecule has 1 saturated heterocycles. The number of aryl methyl sites for hydroxylation is 2. The van der Waals surface area contributed by atoms with Gasteiger partial charge in [0.15, 0.2) is 0 Å². The van der Waals surface area contributed by atoms with Crippen molar-refractivity contribution in [3.8, 4) is 0 Å². The Labute approximate surface area is 120 Å². The summed E-state index contributed by atoms with van der Waals surface area (Å²) in [6.07, 6.45) is 9.74. The van der Waals surface area contributed by atoms with Crippen molar-refractivity contribution in [2.45, 2.75) is 51.4 Å². The molecule has 0 bridgehead atoms. The SMILES string of the molecule is N=C(N)c1cc2c(nc1N1CCCCCCC1)CCC2. The van der Waals surface area contributed by atoms with Gasteiger partial charge >= 0.3 is 0 Å². The van der Waals surface area contributed by atoms with E-state index in [1.807, 2.05) is 0 Å². The molecule has 0 atom stereocenters. The highest BCUT2D eigenvalue weighted by atomic mass is 15.2. The number of aromatic nitrogens is 1. The Kier molecular flexibility index (Phi) is 3.90. The van der Waals surface area contributed by atoms with Crippen LogP contribution in [0.25, 0.3) is 0 Å². The second-order valence-corrected chi connectivity index (χ2v) is 5.99. The number of hydrogen-bond donors (Lipinski definition) is 2. The number of hydrogen-bond acceptors (Lipinski definition) is 3. The van der Waals surface area contributed by atoms with Crippen molar-refractivity contribution in [2.75, 3.05) is 18.0 Å². The average molecular weight is 272 g/mol. The van der Waals surface area contributed by atoms with Crippen LogP contribution in [0.3, 0.4) is 0 Å². The molecule has 0 unspecified atom stereocenters. The highest BCUT2D eigenvalue weighted by Gasteiger charge is 2.21. The third-order valence-corrected chi connectivity index (χ3v) is 4.48. The summed E-state index contributed by atoms with van der Waals surface area (Å²) >= 11 is 0. The smallest absolute Gasteiger partial charge is 0.139 e. The third-order valence-electron chi connectivity index (χ3n) is 4.48. The monoisotopic (exact) mass is 272 g/mol. The molecular weight excluding hydrogens is 248 g/mol. The molecule has 0 radical (unpaired) electrons. The van der Waals surface area contributed by atoms with Crippen molar-refractivity contribution < 1.29 is 0 Å². The van der Waals surface area contributed by atoms with Crippen molar-refractivity contribution >= 4 is 11.7 Å². The van der Waals surface area contributed by atoms with Crippen LogP contribution in [-0.2, 0) is 12.8 Å². The predicted molar refractivity (Wildman–Crippen MR) is 82.6 cm³/mol. The summed E-state index contributed by atoms with van der Waals surface area (Å²) in [5.74, 6) is 1.12. The number of nitrogens with one attached hydrogen (secondary N) is 1. The van der Waals surface area contributed by atoms with E-state index in [1.54, 1.807) is 0 Å². The second kappa shape index (κ2) is 5.81. The quantitative estimate of drug-likeness (QED) is 0.642.